The molecule has 152 valence electrons. The van der Waals surface area contributed by atoms with Gasteiger partial charge in [0.05, 0.1) is 6.04 Å². The summed E-state index contributed by atoms with van der Waals surface area (Å²) >= 11 is 6.32. The summed E-state index contributed by atoms with van der Waals surface area (Å²) in [6.45, 7) is 0. The number of hydrogen-bond acceptors (Lipinski definition) is 2. The molecule has 4 rings (SSSR count). The molecule has 4 nitrogen and oxygen atoms in total. The van der Waals surface area contributed by atoms with Crippen molar-refractivity contribution >= 4 is 23.5 Å². The van der Waals surface area contributed by atoms with Crippen LogP contribution in [0.2, 0.25) is 5.02 Å². The topological polar surface area (TPSA) is 57.6 Å². The molecule has 1 amide bonds. The Kier molecular flexibility index (Phi) is 5.55. The van der Waals surface area contributed by atoms with Crippen molar-refractivity contribution in [1.29, 1.82) is 0 Å². The van der Waals surface area contributed by atoms with E-state index in [1.807, 2.05) is 18.2 Å². The molecule has 1 saturated heterocycles. The highest BCUT2D eigenvalue weighted by molar-refractivity contribution is 6.31. The van der Waals surface area contributed by atoms with Crippen LogP contribution in [0, 0.1) is 5.82 Å². The second-order valence-electron chi connectivity index (χ2n) is 7.24. The van der Waals surface area contributed by atoms with Crippen LogP contribution in [0.1, 0.15) is 34.8 Å². The minimum Gasteiger partial charge on any atom is -0.480 e. The van der Waals surface area contributed by atoms with Crippen LogP contribution in [-0.4, -0.2) is 27.9 Å². The number of carboxylic acids is 1. The van der Waals surface area contributed by atoms with Crippen molar-refractivity contribution in [1.82, 2.24) is 4.90 Å². The van der Waals surface area contributed by atoms with Gasteiger partial charge in [-0.15, -0.1) is 0 Å². The molecule has 0 unspecified atom stereocenters. The van der Waals surface area contributed by atoms with Gasteiger partial charge in [-0.1, -0.05) is 66.2 Å². The zero-order valence-corrected chi connectivity index (χ0v) is 16.7. The smallest absolute Gasteiger partial charge is 0.326 e. The van der Waals surface area contributed by atoms with Crippen LogP contribution in [0.5, 0.6) is 0 Å². The van der Waals surface area contributed by atoms with Crippen LogP contribution >= 0.6 is 11.6 Å². The minimum atomic E-state index is -1.08. The van der Waals surface area contributed by atoms with Gasteiger partial charge >= 0.3 is 5.97 Å². The van der Waals surface area contributed by atoms with Crippen LogP contribution in [0.25, 0.3) is 11.1 Å². The lowest BCUT2D eigenvalue weighted by molar-refractivity contribution is -0.141. The molecule has 1 N–H and O–H groups in total. The molecule has 30 heavy (non-hydrogen) atoms. The van der Waals surface area contributed by atoms with Crippen LogP contribution in [0.4, 0.5) is 4.39 Å². The number of nitrogens with zero attached hydrogens (tertiary/aromatic N) is 1. The van der Waals surface area contributed by atoms with E-state index in [4.69, 9.17) is 11.6 Å². The Morgan fingerprint density at radius 3 is 2.33 bits per heavy atom. The van der Waals surface area contributed by atoms with E-state index < -0.39 is 29.8 Å². The number of aliphatic carboxylic acids is 1. The second-order valence-corrected chi connectivity index (χ2v) is 7.65. The Bertz CT molecular complexity index is 1100. The lowest BCUT2D eigenvalue weighted by Gasteiger charge is -2.29. The molecule has 0 spiro atoms. The molecule has 0 bridgehead atoms. The SMILES string of the molecule is O=C(O)[C@@H]1CC[C@H](c2ccccc2Cl)N1C(=O)c1ccc(-c2ccccc2)c(F)c1. The predicted molar refractivity (Wildman–Crippen MR) is 113 cm³/mol. The molecular formula is C24H19ClFNO3. The number of rotatable bonds is 4. The largest absolute Gasteiger partial charge is 0.480 e. The maximum atomic E-state index is 14.8. The first kappa shape index (κ1) is 20.1. The van der Waals surface area contributed by atoms with E-state index in [2.05, 4.69) is 0 Å². The van der Waals surface area contributed by atoms with Gasteiger partial charge in [-0.2, -0.15) is 0 Å². The van der Waals surface area contributed by atoms with Gasteiger partial charge in [0.2, 0.25) is 0 Å². The first-order valence-electron chi connectivity index (χ1n) is 9.62. The fourth-order valence-electron chi connectivity index (χ4n) is 4.04. The number of amides is 1. The predicted octanol–water partition coefficient (Wildman–Crippen LogP) is 5.58. The lowest BCUT2D eigenvalue weighted by Crippen LogP contribution is -2.42. The van der Waals surface area contributed by atoms with Crippen molar-refractivity contribution in [2.45, 2.75) is 24.9 Å². The molecule has 3 aromatic carbocycles. The summed E-state index contributed by atoms with van der Waals surface area (Å²) in [5.41, 5.74) is 1.88. The highest BCUT2D eigenvalue weighted by atomic mass is 35.5. The summed E-state index contributed by atoms with van der Waals surface area (Å²) in [6.07, 6.45) is 0.776. The third-order valence-electron chi connectivity index (χ3n) is 5.47. The van der Waals surface area contributed by atoms with E-state index in [0.29, 0.717) is 34.6 Å². The van der Waals surface area contributed by atoms with Crippen LogP contribution in [0.3, 0.4) is 0 Å². The summed E-state index contributed by atoms with van der Waals surface area (Å²) in [6, 6.07) is 18.9. The summed E-state index contributed by atoms with van der Waals surface area (Å²) < 4.78 is 14.8. The van der Waals surface area contributed by atoms with Gasteiger partial charge in [-0.05, 0) is 42.2 Å². The summed E-state index contributed by atoms with van der Waals surface area (Å²) in [7, 11) is 0. The Hall–Kier alpha value is -3.18. The van der Waals surface area contributed by atoms with Gasteiger partial charge in [-0.3, -0.25) is 4.79 Å². The van der Waals surface area contributed by atoms with E-state index >= 15 is 0 Å². The minimum absolute atomic E-state index is 0.109. The van der Waals surface area contributed by atoms with Crippen molar-refractivity contribution in [3.05, 3.63) is 94.8 Å². The monoisotopic (exact) mass is 423 g/mol. The number of hydrogen-bond donors (Lipinski definition) is 1. The van der Waals surface area contributed by atoms with Crippen LogP contribution in [-0.2, 0) is 4.79 Å². The fourth-order valence-corrected chi connectivity index (χ4v) is 4.30. The van der Waals surface area contributed by atoms with Gasteiger partial charge in [0.1, 0.15) is 11.9 Å². The lowest BCUT2D eigenvalue weighted by atomic mass is 10.0. The van der Waals surface area contributed by atoms with Gasteiger partial charge in [0, 0.05) is 16.1 Å². The third kappa shape index (κ3) is 3.68. The van der Waals surface area contributed by atoms with E-state index in [0.717, 1.165) is 0 Å². The Labute approximate surface area is 178 Å². The van der Waals surface area contributed by atoms with Crippen molar-refractivity contribution in [2.75, 3.05) is 0 Å². The quantitative estimate of drug-likeness (QED) is 0.596. The normalized spacial score (nSPS) is 18.4. The Morgan fingerprint density at radius 2 is 1.67 bits per heavy atom. The maximum Gasteiger partial charge on any atom is 0.326 e. The standard InChI is InChI=1S/C24H19ClFNO3/c25-19-9-5-4-8-18(19)21-12-13-22(24(29)30)27(21)23(28)16-10-11-17(20(26)14-16)15-6-2-1-3-7-15/h1-11,14,21-22H,12-13H2,(H,29,30)/t21-,22+/m1/s1. The van der Waals surface area contributed by atoms with E-state index in [-0.39, 0.29) is 5.56 Å². The van der Waals surface area contributed by atoms with E-state index in [9.17, 15) is 19.1 Å². The summed E-state index contributed by atoms with van der Waals surface area (Å²) in [5, 5.41) is 10.1. The van der Waals surface area contributed by atoms with Crippen molar-refractivity contribution in [3.63, 3.8) is 0 Å². The molecule has 0 aliphatic carbocycles. The first-order valence-corrected chi connectivity index (χ1v) is 10.00. The zero-order valence-electron chi connectivity index (χ0n) is 16.0. The van der Waals surface area contributed by atoms with Crippen LogP contribution < -0.4 is 0 Å². The zero-order chi connectivity index (χ0) is 21.3. The molecule has 0 saturated carbocycles. The second kappa shape index (κ2) is 8.28. The van der Waals surface area contributed by atoms with Crippen molar-refractivity contribution in [2.24, 2.45) is 0 Å². The number of benzene rings is 3. The fraction of sp³-hybridized carbons (Fsp3) is 0.167. The van der Waals surface area contributed by atoms with Gasteiger partial charge in [0.25, 0.3) is 5.91 Å². The molecule has 1 aliphatic heterocycles. The molecule has 0 radical (unpaired) electrons. The first-order chi connectivity index (χ1) is 14.5. The number of carbonyl (C=O) groups excluding carboxylic acids is 1. The van der Waals surface area contributed by atoms with Crippen molar-refractivity contribution in [3.8, 4) is 11.1 Å². The number of carbonyl (C=O) groups is 2. The van der Waals surface area contributed by atoms with E-state index in [1.165, 1.54) is 17.0 Å². The molecule has 6 heteroatoms. The van der Waals surface area contributed by atoms with Crippen molar-refractivity contribution < 1.29 is 19.1 Å². The molecule has 1 heterocycles. The third-order valence-corrected chi connectivity index (χ3v) is 5.81. The molecule has 3 aromatic rings. The highest BCUT2D eigenvalue weighted by Crippen LogP contribution is 2.40. The molecule has 1 aliphatic rings. The Balaban J connectivity index is 1.71. The van der Waals surface area contributed by atoms with Crippen LogP contribution in [0.15, 0.2) is 72.8 Å². The summed E-state index contributed by atoms with van der Waals surface area (Å²) in [4.78, 5) is 26.4. The van der Waals surface area contributed by atoms with Gasteiger partial charge < -0.3 is 10.0 Å². The van der Waals surface area contributed by atoms with E-state index in [1.54, 1.807) is 42.5 Å². The molecule has 1 fully saturated rings. The van der Waals surface area contributed by atoms with Gasteiger partial charge in [-0.25, -0.2) is 9.18 Å². The average molecular weight is 424 g/mol. The average Bonchev–Trinajstić information content (AvgIpc) is 3.19. The Morgan fingerprint density at radius 1 is 0.967 bits per heavy atom. The van der Waals surface area contributed by atoms with Gasteiger partial charge in [0.15, 0.2) is 0 Å². The summed E-state index contributed by atoms with van der Waals surface area (Å²) in [5.74, 6) is -2.14. The number of likely N-dealkylation sites (tertiary alicyclic amines) is 1. The highest BCUT2D eigenvalue weighted by Gasteiger charge is 2.42. The molecule has 2 atom stereocenters. The number of halogens is 2. The molecular weight excluding hydrogens is 405 g/mol. The number of carboxylic acid groups (broad SMARTS) is 1. The maximum absolute atomic E-state index is 14.8. The molecule has 0 aromatic heterocycles.